The highest BCUT2D eigenvalue weighted by Gasteiger charge is 2.09. The summed E-state index contributed by atoms with van der Waals surface area (Å²) in [4.78, 5) is 21.3. The van der Waals surface area contributed by atoms with Gasteiger partial charge in [-0.1, -0.05) is 12.1 Å². The number of benzene rings is 1. The molecule has 0 radical (unpaired) electrons. The van der Waals surface area contributed by atoms with E-state index in [4.69, 9.17) is 0 Å². The molecule has 1 aromatic carbocycles. The zero-order chi connectivity index (χ0) is 12.1. The Morgan fingerprint density at radius 3 is 2.75 bits per heavy atom. The zero-order valence-corrected chi connectivity index (χ0v) is 9.06. The lowest BCUT2D eigenvalue weighted by Gasteiger charge is -2.05. The normalized spacial score (nSPS) is 10.4. The Morgan fingerprint density at radius 1 is 1.50 bits per heavy atom. The molecule has 0 fully saturated rings. The molecule has 5 nitrogen and oxygen atoms in total. The lowest BCUT2D eigenvalue weighted by atomic mass is 10.2. The van der Waals surface area contributed by atoms with E-state index in [1.54, 1.807) is 26.0 Å². The quantitative estimate of drug-likeness (QED) is 0.483. The molecular weight excluding hydrogens is 208 g/mol. The first kappa shape index (κ1) is 11.9. The van der Waals surface area contributed by atoms with Gasteiger partial charge in [-0.15, -0.1) is 0 Å². The molecule has 0 aliphatic heterocycles. The van der Waals surface area contributed by atoms with Crippen molar-refractivity contribution in [3.05, 3.63) is 46.0 Å². The van der Waals surface area contributed by atoms with Crippen LogP contribution < -0.4 is 5.32 Å². The third kappa shape index (κ3) is 2.91. The summed E-state index contributed by atoms with van der Waals surface area (Å²) in [6.45, 7) is 3.49. The minimum atomic E-state index is -0.495. The zero-order valence-electron chi connectivity index (χ0n) is 9.06. The summed E-state index contributed by atoms with van der Waals surface area (Å²) >= 11 is 0. The summed E-state index contributed by atoms with van der Waals surface area (Å²) < 4.78 is 0. The van der Waals surface area contributed by atoms with Gasteiger partial charge in [0.1, 0.15) is 0 Å². The highest BCUT2D eigenvalue weighted by molar-refractivity contribution is 5.99. The van der Waals surface area contributed by atoms with Gasteiger partial charge in [-0.3, -0.25) is 14.9 Å². The number of non-ortho nitro benzene ring substituents is 1. The fourth-order valence-corrected chi connectivity index (χ4v) is 1.18. The van der Waals surface area contributed by atoms with E-state index in [1.165, 1.54) is 18.2 Å². The Balaban J connectivity index is 2.98. The molecule has 0 saturated carbocycles. The van der Waals surface area contributed by atoms with Gasteiger partial charge >= 0.3 is 0 Å². The van der Waals surface area contributed by atoms with Crippen LogP contribution in [0.2, 0.25) is 0 Å². The molecule has 0 saturated heterocycles. The van der Waals surface area contributed by atoms with E-state index in [1.807, 2.05) is 0 Å². The summed E-state index contributed by atoms with van der Waals surface area (Å²) in [5, 5.41) is 13.1. The summed E-state index contributed by atoms with van der Waals surface area (Å²) in [7, 11) is 0. The van der Waals surface area contributed by atoms with Crippen molar-refractivity contribution in [2.24, 2.45) is 0 Å². The van der Waals surface area contributed by atoms with Crippen molar-refractivity contribution >= 4 is 17.3 Å². The number of nitrogens with one attached hydrogen (secondary N) is 1. The lowest BCUT2D eigenvalue weighted by Crippen LogP contribution is -2.09. The lowest BCUT2D eigenvalue weighted by molar-refractivity contribution is -0.384. The monoisotopic (exact) mass is 220 g/mol. The van der Waals surface area contributed by atoms with Crippen LogP contribution in [-0.2, 0) is 4.79 Å². The predicted molar refractivity (Wildman–Crippen MR) is 61.3 cm³/mol. The summed E-state index contributed by atoms with van der Waals surface area (Å²) in [5.74, 6) is -0.300. The Morgan fingerprint density at radius 2 is 2.19 bits per heavy atom. The van der Waals surface area contributed by atoms with Gasteiger partial charge in [-0.2, -0.15) is 0 Å². The van der Waals surface area contributed by atoms with Gasteiger partial charge in [0.2, 0.25) is 5.91 Å². The molecule has 1 aromatic rings. The third-order valence-electron chi connectivity index (χ3n) is 2.01. The number of rotatable bonds is 3. The number of carbonyl (C=O) groups is 1. The fourth-order valence-electron chi connectivity index (χ4n) is 1.18. The maximum Gasteiger partial charge on any atom is 0.271 e. The number of aryl methyl sites for hydroxylation is 1. The van der Waals surface area contributed by atoms with Gasteiger partial charge in [-0.25, -0.2) is 0 Å². The topological polar surface area (TPSA) is 72.2 Å². The second-order valence-electron chi connectivity index (χ2n) is 3.25. The molecule has 0 heterocycles. The van der Waals surface area contributed by atoms with Crippen LogP contribution in [0.4, 0.5) is 11.4 Å². The van der Waals surface area contributed by atoms with Crippen molar-refractivity contribution in [3.8, 4) is 0 Å². The maximum absolute atomic E-state index is 11.3. The molecule has 0 aliphatic rings. The van der Waals surface area contributed by atoms with Crippen LogP contribution in [0.25, 0.3) is 0 Å². The Kier molecular flexibility index (Phi) is 3.77. The molecular formula is C11H12N2O3. The third-order valence-corrected chi connectivity index (χ3v) is 2.01. The number of nitro groups is 1. The first-order valence-electron chi connectivity index (χ1n) is 4.73. The van der Waals surface area contributed by atoms with E-state index in [9.17, 15) is 14.9 Å². The van der Waals surface area contributed by atoms with E-state index in [-0.39, 0.29) is 11.6 Å². The number of carbonyl (C=O) groups excluding carboxylic acids is 1. The average molecular weight is 220 g/mol. The minimum absolute atomic E-state index is 0.0404. The highest BCUT2D eigenvalue weighted by atomic mass is 16.6. The van der Waals surface area contributed by atoms with Crippen molar-refractivity contribution in [2.45, 2.75) is 13.8 Å². The van der Waals surface area contributed by atoms with Crippen LogP contribution in [0, 0.1) is 17.0 Å². The summed E-state index contributed by atoms with van der Waals surface area (Å²) in [6, 6.07) is 4.35. The van der Waals surface area contributed by atoms with Gasteiger partial charge in [0, 0.05) is 12.1 Å². The SMILES string of the molecule is C/C=C/C(=O)Nc1cc([N+](=O)[O-])ccc1C. The Labute approximate surface area is 92.9 Å². The second-order valence-corrected chi connectivity index (χ2v) is 3.25. The number of nitro benzene ring substituents is 1. The van der Waals surface area contributed by atoms with Crippen LogP contribution in [0.1, 0.15) is 12.5 Å². The number of anilines is 1. The summed E-state index contributed by atoms with van der Waals surface area (Å²) in [5.41, 5.74) is 1.20. The standard InChI is InChI=1S/C11H12N2O3/c1-3-4-11(14)12-10-7-9(13(15)16)6-5-8(10)2/h3-7H,1-2H3,(H,12,14)/b4-3+. The van der Waals surface area contributed by atoms with Crippen LogP contribution in [0.5, 0.6) is 0 Å². The number of hydrogen-bond acceptors (Lipinski definition) is 3. The highest BCUT2D eigenvalue weighted by Crippen LogP contribution is 2.21. The van der Waals surface area contributed by atoms with Crippen molar-refractivity contribution in [2.75, 3.05) is 5.32 Å². The van der Waals surface area contributed by atoms with Crippen LogP contribution in [0.15, 0.2) is 30.4 Å². The largest absolute Gasteiger partial charge is 0.322 e. The van der Waals surface area contributed by atoms with Crippen molar-refractivity contribution < 1.29 is 9.72 Å². The Bertz CT molecular complexity index is 453. The molecule has 0 aliphatic carbocycles. The second kappa shape index (κ2) is 5.06. The first-order chi connectivity index (χ1) is 7.54. The van der Waals surface area contributed by atoms with Crippen molar-refractivity contribution in [1.82, 2.24) is 0 Å². The average Bonchev–Trinajstić information content (AvgIpc) is 2.21. The molecule has 84 valence electrons. The predicted octanol–water partition coefficient (Wildman–Crippen LogP) is 2.42. The molecule has 0 spiro atoms. The van der Waals surface area contributed by atoms with Crippen LogP contribution in [-0.4, -0.2) is 10.8 Å². The van der Waals surface area contributed by atoms with E-state index in [0.717, 1.165) is 5.56 Å². The van der Waals surface area contributed by atoms with Crippen molar-refractivity contribution in [1.29, 1.82) is 0 Å². The molecule has 0 bridgehead atoms. The fraction of sp³-hybridized carbons (Fsp3) is 0.182. The molecule has 0 unspecified atom stereocenters. The van der Waals surface area contributed by atoms with E-state index < -0.39 is 4.92 Å². The van der Waals surface area contributed by atoms with E-state index in [2.05, 4.69) is 5.32 Å². The molecule has 5 heteroatoms. The van der Waals surface area contributed by atoms with E-state index >= 15 is 0 Å². The van der Waals surface area contributed by atoms with Gasteiger partial charge in [0.15, 0.2) is 0 Å². The summed E-state index contributed by atoms with van der Waals surface area (Å²) in [6.07, 6.45) is 2.96. The first-order valence-corrected chi connectivity index (χ1v) is 4.73. The number of amides is 1. The molecule has 16 heavy (non-hydrogen) atoms. The van der Waals surface area contributed by atoms with Crippen LogP contribution in [0.3, 0.4) is 0 Å². The molecule has 0 aromatic heterocycles. The molecule has 1 N–H and O–H groups in total. The molecule has 0 atom stereocenters. The Hall–Kier alpha value is -2.17. The van der Waals surface area contributed by atoms with E-state index in [0.29, 0.717) is 5.69 Å². The number of hydrogen-bond donors (Lipinski definition) is 1. The van der Waals surface area contributed by atoms with Gasteiger partial charge in [0.25, 0.3) is 5.69 Å². The van der Waals surface area contributed by atoms with Gasteiger partial charge < -0.3 is 5.32 Å². The molecule has 1 rings (SSSR count). The van der Waals surface area contributed by atoms with Crippen molar-refractivity contribution in [3.63, 3.8) is 0 Å². The number of allylic oxidation sites excluding steroid dienone is 1. The molecule has 1 amide bonds. The van der Waals surface area contributed by atoms with Gasteiger partial charge in [-0.05, 0) is 25.5 Å². The smallest absolute Gasteiger partial charge is 0.271 e. The van der Waals surface area contributed by atoms with Crippen LogP contribution >= 0.6 is 0 Å². The maximum atomic E-state index is 11.3. The van der Waals surface area contributed by atoms with Gasteiger partial charge in [0.05, 0.1) is 10.6 Å². The number of nitrogens with zero attached hydrogens (tertiary/aromatic N) is 1. The minimum Gasteiger partial charge on any atom is -0.322 e.